The van der Waals surface area contributed by atoms with Gasteiger partial charge in [-0.3, -0.25) is 13.9 Å². The van der Waals surface area contributed by atoms with Crippen molar-refractivity contribution >= 4 is 39.1 Å². The molecule has 0 aliphatic carbocycles. The van der Waals surface area contributed by atoms with E-state index in [4.69, 9.17) is 21.1 Å². The highest BCUT2D eigenvalue weighted by Crippen LogP contribution is 2.34. The topological polar surface area (TPSA) is 105 Å². The van der Waals surface area contributed by atoms with Gasteiger partial charge in [-0.05, 0) is 66.9 Å². The molecule has 3 aromatic carbocycles. The highest BCUT2D eigenvalue weighted by atomic mass is 35.5. The molecule has 1 unspecified atom stereocenters. The predicted molar refractivity (Wildman–Crippen MR) is 162 cm³/mol. The molecule has 0 fully saturated rings. The molecule has 1 aliphatic heterocycles. The van der Waals surface area contributed by atoms with Gasteiger partial charge in [0, 0.05) is 24.2 Å². The molecule has 43 heavy (non-hydrogen) atoms. The lowest BCUT2D eigenvalue weighted by Gasteiger charge is -2.33. The van der Waals surface area contributed by atoms with Gasteiger partial charge in [-0.1, -0.05) is 44.0 Å². The van der Waals surface area contributed by atoms with E-state index < -0.39 is 34.3 Å². The van der Waals surface area contributed by atoms with Gasteiger partial charge in [0.2, 0.25) is 11.8 Å². The second kappa shape index (κ2) is 14.6. The van der Waals surface area contributed by atoms with Crippen molar-refractivity contribution in [2.45, 2.75) is 50.6 Å². The summed E-state index contributed by atoms with van der Waals surface area (Å²) in [5, 5.41) is 3.40. The maximum absolute atomic E-state index is 14.1. The Morgan fingerprint density at radius 1 is 0.977 bits per heavy atom. The van der Waals surface area contributed by atoms with E-state index in [2.05, 4.69) is 5.32 Å². The largest absolute Gasteiger partial charge is 0.486 e. The van der Waals surface area contributed by atoms with Crippen molar-refractivity contribution in [3.63, 3.8) is 0 Å². The van der Waals surface area contributed by atoms with Crippen LogP contribution in [0, 0.1) is 5.82 Å². The molecule has 1 heterocycles. The number of hydrogen-bond acceptors (Lipinski definition) is 6. The molecule has 0 aromatic heterocycles. The van der Waals surface area contributed by atoms with Gasteiger partial charge in [0.15, 0.2) is 11.5 Å². The van der Waals surface area contributed by atoms with E-state index in [-0.39, 0.29) is 35.4 Å². The Kier molecular flexibility index (Phi) is 10.9. The fourth-order valence-corrected chi connectivity index (χ4v) is 6.22. The number of nitrogens with zero attached hydrogens (tertiary/aromatic N) is 2. The van der Waals surface area contributed by atoms with Crippen molar-refractivity contribution in [2.75, 3.05) is 30.6 Å². The molecule has 0 bridgehead atoms. The Morgan fingerprint density at radius 3 is 2.30 bits per heavy atom. The molecule has 1 atom stereocenters. The van der Waals surface area contributed by atoms with Crippen LogP contribution in [0.5, 0.6) is 11.5 Å². The number of fused-ring (bicyclic) bond motifs is 1. The quantitative estimate of drug-likeness (QED) is 0.261. The Bertz CT molecular complexity index is 1520. The van der Waals surface area contributed by atoms with Gasteiger partial charge >= 0.3 is 0 Å². The maximum atomic E-state index is 14.1. The van der Waals surface area contributed by atoms with Gasteiger partial charge in [-0.25, -0.2) is 12.8 Å². The van der Waals surface area contributed by atoms with E-state index in [0.29, 0.717) is 35.9 Å². The summed E-state index contributed by atoms with van der Waals surface area (Å²) in [6.07, 6.45) is 1.96. The molecule has 9 nitrogen and oxygen atoms in total. The van der Waals surface area contributed by atoms with Crippen molar-refractivity contribution in [1.82, 2.24) is 10.2 Å². The smallest absolute Gasteiger partial charge is 0.264 e. The molecule has 1 N–H and O–H groups in total. The minimum Gasteiger partial charge on any atom is -0.486 e. The number of unbranched alkanes of at least 4 members (excludes halogenated alkanes) is 1. The number of halogens is 2. The Hall–Kier alpha value is -3.83. The fraction of sp³-hybridized carbons (Fsp3) is 0.355. The van der Waals surface area contributed by atoms with E-state index in [9.17, 15) is 22.4 Å². The predicted octanol–water partition coefficient (Wildman–Crippen LogP) is 5.17. The third-order valence-electron chi connectivity index (χ3n) is 6.98. The molecule has 4 rings (SSSR count). The Morgan fingerprint density at radius 2 is 1.65 bits per heavy atom. The number of hydrogen-bond donors (Lipinski definition) is 1. The van der Waals surface area contributed by atoms with E-state index in [1.165, 1.54) is 35.2 Å². The normalized spacial score (nSPS) is 13.2. The summed E-state index contributed by atoms with van der Waals surface area (Å²) < 4.78 is 54.0. The minimum atomic E-state index is -4.37. The Labute approximate surface area is 256 Å². The number of ether oxygens (including phenoxy) is 2. The van der Waals surface area contributed by atoms with Crippen molar-refractivity contribution in [2.24, 2.45) is 0 Å². The van der Waals surface area contributed by atoms with E-state index in [1.54, 1.807) is 31.2 Å². The third kappa shape index (κ3) is 7.97. The molecule has 0 spiro atoms. The molecule has 12 heteroatoms. The lowest BCUT2D eigenvalue weighted by atomic mass is 10.1. The van der Waals surface area contributed by atoms with Gasteiger partial charge in [0.05, 0.1) is 10.6 Å². The van der Waals surface area contributed by atoms with Gasteiger partial charge in [-0.15, -0.1) is 0 Å². The molecular weight excluding hydrogens is 597 g/mol. The average Bonchev–Trinajstić information content (AvgIpc) is 3.01. The van der Waals surface area contributed by atoms with E-state index >= 15 is 0 Å². The van der Waals surface area contributed by atoms with Crippen LogP contribution in [0.3, 0.4) is 0 Å². The summed E-state index contributed by atoms with van der Waals surface area (Å²) in [5.74, 6) is -0.842. The molecule has 0 saturated heterocycles. The molecule has 1 aliphatic rings. The SMILES string of the molecule is CCCCNC(=O)C(CC)N(Cc1ccc(Cl)cc1)C(=O)CN(c1ccc(F)cc1)S(=O)(=O)c1ccc2c(c1)OCCO2. The number of nitrogens with one attached hydrogen (secondary N) is 1. The van der Waals surface area contributed by atoms with Crippen molar-refractivity contribution < 1.29 is 31.9 Å². The van der Waals surface area contributed by atoms with Crippen molar-refractivity contribution in [1.29, 1.82) is 0 Å². The molecule has 2 amide bonds. The van der Waals surface area contributed by atoms with Crippen LogP contribution in [0.1, 0.15) is 38.7 Å². The minimum absolute atomic E-state index is 0.0387. The number of carbonyl (C=O) groups is 2. The van der Waals surface area contributed by atoms with Crippen molar-refractivity contribution in [3.8, 4) is 11.5 Å². The van der Waals surface area contributed by atoms with Gasteiger partial charge < -0.3 is 19.7 Å². The summed E-state index contributed by atoms with van der Waals surface area (Å²) in [6, 6.07) is 15.0. The van der Waals surface area contributed by atoms with Gasteiger partial charge in [0.1, 0.15) is 31.6 Å². The summed E-state index contributed by atoms with van der Waals surface area (Å²) >= 11 is 6.06. The van der Waals surface area contributed by atoms with E-state index in [1.807, 2.05) is 6.92 Å². The zero-order chi connectivity index (χ0) is 31.0. The van der Waals surface area contributed by atoms with Crippen LogP contribution in [-0.4, -0.2) is 57.5 Å². The maximum Gasteiger partial charge on any atom is 0.264 e. The molecule has 3 aromatic rings. The summed E-state index contributed by atoms with van der Waals surface area (Å²) in [7, 11) is -4.37. The molecule has 0 radical (unpaired) electrons. The number of anilines is 1. The van der Waals surface area contributed by atoms with Crippen LogP contribution in [0.15, 0.2) is 71.6 Å². The van der Waals surface area contributed by atoms with Gasteiger partial charge in [-0.2, -0.15) is 0 Å². The van der Waals surface area contributed by atoms with Crippen LogP contribution >= 0.6 is 11.6 Å². The van der Waals surface area contributed by atoms with Gasteiger partial charge in [0.25, 0.3) is 10.0 Å². The molecular formula is C31H35ClFN3O6S. The van der Waals surface area contributed by atoms with Crippen molar-refractivity contribution in [3.05, 3.63) is 83.1 Å². The first-order chi connectivity index (χ1) is 20.6. The first kappa shape index (κ1) is 32.1. The highest BCUT2D eigenvalue weighted by molar-refractivity contribution is 7.92. The highest BCUT2D eigenvalue weighted by Gasteiger charge is 2.34. The lowest BCUT2D eigenvalue weighted by molar-refractivity contribution is -0.140. The zero-order valence-corrected chi connectivity index (χ0v) is 25.7. The van der Waals surface area contributed by atoms with E-state index in [0.717, 1.165) is 29.3 Å². The second-order valence-electron chi connectivity index (χ2n) is 10.0. The second-order valence-corrected chi connectivity index (χ2v) is 12.3. The first-order valence-corrected chi connectivity index (χ1v) is 16.0. The Balaban J connectivity index is 1.72. The number of benzene rings is 3. The molecule has 230 valence electrons. The van der Waals surface area contributed by atoms with Crippen LogP contribution in [0.2, 0.25) is 5.02 Å². The zero-order valence-electron chi connectivity index (χ0n) is 24.1. The average molecular weight is 632 g/mol. The van der Waals surface area contributed by atoms with Crippen LogP contribution in [0.4, 0.5) is 10.1 Å². The third-order valence-corrected chi connectivity index (χ3v) is 9.00. The van der Waals surface area contributed by atoms with Crippen LogP contribution < -0.4 is 19.1 Å². The number of carbonyl (C=O) groups excluding carboxylic acids is 2. The summed E-state index contributed by atoms with van der Waals surface area (Å²) in [6.45, 7) is 4.24. The summed E-state index contributed by atoms with van der Waals surface area (Å²) in [4.78, 5) is 28.6. The molecule has 0 saturated carbocycles. The fourth-order valence-electron chi connectivity index (χ4n) is 4.66. The van der Waals surface area contributed by atoms with Crippen LogP contribution in [-0.2, 0) is 26.2 Å². The number of amides is 2. The monoisotopic (exact) mass is 631 g/mol. The standard InChI is InChI=1S/C31H35ClFN3O6S/c1-3-5-16-34-31(38)27(4-2)35(20-22-6-8-23(32)9-7-22)30(37)21-36(25-12-10-24(33)11-13-25)43(39,40)26-14-15-28-29(19-26)42-18-17-41-28/h6-15,19,27H,3-5,16-18,20-21H2,1-2H3,(H,34,38). The van der Waals surface area contributed by atoms with Crippen LogP contribution in [0.25, 0.3) is 0 Å². The first-order valence-electron chi connectivity index (χ1n) is 14.1. The number of rotatable bonds is 13. The number of sulfonamides is 1. The lowest BCUT2D eigenvalue weighted by Crippen LogP contribution is -2.52. The summed E-state index contributed by atoms with van der Waals surface area (Å²) in [5.41, 5.74) is 0.789.